The predicted molar refractivity (Wildman–Crippen MR) is 57.7 cm³/mol. The minimum atomic E-state index is -0.579. The SMILES string of the molecule is CC1CC(=O)NC1c1cc([N+](=O)[O-])ccc1F. The van der Waals surface area contributed by atoms with Crippen molar-refractivity contribution in [2.24, 2.45) is 5.92 Å². The maximum Gasteiger partial charge on any atom is 0.269 e. The second-order valence-corrected chi connectivity index (χ2v) is 4.19. The fraction of sp³-hybridized carbons (Fsp3) is 0.364. The summed E-state index contributed by atoms with van der Waals surface area (Å²) in [5.74, 6) is -0.762. The first-order valence-corrected chi connectivity index (χ1v) is 5.22. The Kier molecular flexibility index (Phi) is 2.79. The summed E-state index contributed by atoms with van der Waals surface area (Å²) in [6.45, 7) is 1.81. The summed E-state index contributed by atoms with van der Waals surface area (Å²) in [6, 6.07) is 2.87. The van der Waals surface area contributed by atoms with Gasteiger partial charge in [0.15, 0.2) is 0 Å². The van der Waals surface area contributed by atoms with Crippen LogP contribution in [0.25, 0.3) is 0 Å². The van der Waals surface area contributed by atoms with Gasteiger partial charge in [0.1, 0.15) is 5.82 Å². The van der Waals surface area contributed by atoms with Crippen LogP contribution in [0.4, 0.5) is 10.1 Å². The Morgan fingerprint density at radius 3 is 2.76 bits per heavy atom. The van der Waals surface area contributed by atoms with E-state index in [1.165, 1.54) is 6.07 Å². The number of carbonyl (C=O) groups is 1. The summed E-state index contributed by atoms with van der Waals surface area (Å²) in [4.78, 5) is 21.2. The molecule has 2 rings (SSSR count). The van der Waals surface area contributed by atoms with E-state index in [1.807, 2.05) is 0 Å². The number of hydrogen-bond acceptors (Lipinski definition) is 3. The Bertz CT molecular complexity index is 490. The lowest BCUT2D eigenvalue weighted by Crippen LogP contribution is -2.21. The Balaban J connectivity index is 2.40. The summed E-state index contributed by atoms with van der Waals surface area (Å²) >= 11 is 0. The lowest BCUT2D eigenvalue weighted by Gasteiger charge is -2.15. The highest BCUT2D eigenvalue weighted by Crippen LogP contribution is 2.33. The maximum absolute atomic E-state index is 13.6. The molecule has 0 aliphatic carbocycles. The lowest BCUT2D eigenvalue weighted by molar-refractivity contribution is -0.385. The number of nitro groups is 1. The van der Waals surface area contributed by atoms with Crippen LogP contribution >= 0.6 is 0 Å². The highest BCUT2D eigenvalue weighted by Gasteiger charge is 2.32. The van der Waals surface area contributed by atoms with Gasteiger partial charge in [0.2, 0.25) is 5.91 Å². The number of carbonyl (C=O) groups excluding carboxylic acids is 1. The molecule has 1 heterocycles. The molecule has 1 N–H and O–H groups in total. The summed E-state index contributed by atoms with van der Waals surface area (Å²) < 4.78 is 13.6. The third-order valence-corrected chi connectivity index (χ3v) is 2.92. The molecule has 90 valence electrons. The lowest BCUT2D eigenvalue weighted by atomic mass is 9.95. The molecule has 2 unspecified atom stereocenters. The van der Waals surface area contributed by atoms with Gasteiger partial charge in [0.25, 0.3) is 5.69 Å². The first-order valence-electron chi connectivity index (χ1n) is 5.22. The molecule has 0 radical (unpaired) electrons. The molecule has 17 heavy (non-hydrogen) atoms. The Morgan fingerprint density at radius 1 is 1.53 bits per heavy atom. The zero-order valence-electron chi connectivity index (χ0n) is 9.14. The van der Waals surface area contributed by atoms with Crippen molar-refractivity contribution in [1.82, 2.24) is 5.32 Å². The van der Waals surface area contributed by atoms with Crippen LogP contribution < -0.4 is 5.32 Å². The molecule has 1 aliphatic rings. The van der Waals surface area contributed by atoms with Crippen LogP contribution in [0.1, 0.15) is 24.9 Å². The molecule has 1 aromatic carbocycles. The minimum Gasteiger partial charge on any atom is -0.349 e. The fourth-order valence-corrected chi connectivity index (χ4v) is 2.05. The summed E-state index contributed by atoms with van der Waals surface area (Å²) in [5.41, 5.74) is 0.00676. The van der Waals surface area contributed by atoms with Crippen molar-refractivity contribution in [3.05, 3.63) is 39.7 Å². The first-order chi connectivity index (χ1) is 7.99. The van der Waals surface area contributed by atoms with Gasteiger partial charge in [-0.3, -0.25) is 14.9 Å². The number of amides is 1. The average Bonchev–Trinajstić information content (AvgIpc) is 2.58. The van der Waals surface area contributed by atoms with Crippen molar-refractivity contribution < 1.29 is 14.1 Å². The average molecular weight is 238 g/mol. The highest BCUT2D eigenvalue weighted by atomic mass is 19.1. The maximum atomic E-state index is 13.6. The Hall–Kier alpha value is -1.98. The van der Waals surface area contributed by atoms with Crippen molar-refractivity contribution in [1.29, 1.82) is 0 Å². The number of nitrogens with zero attached hydrogens (tertiary/aromatic N) is 1. The number of halogens is 1. The van der Waals surface area contributed by atoms with Crippen LogP contribution in [-0.4, -0.2) is 10.8 Å². The molecule has 5 nitrogen and oxygen atoms in total. The van der Waals surface area contributed by atoms with Gasteiger partial charge >= 0.3 is 0 Å². The molecule has 1 aromatic rings. The van der Waals surface area contributed by atoms with E-state index in [1.54, 1.807) is 6.92 Å². The number of non-ortho nitro benzene ring substituents is 1. The molecule has 0 aromatic heterocycles. The highest BCUT2D eigenvalue weighted by molar-refractivity contribution is 5.79. The standard InChI is InChI=1S/C11H11FN2O3/c1-6-4-10(15)13-11(6)8-5-7(14(16)17)2-3-9(8)12/h2-3,5-6,11H,4H2,1H3,(H,13,15). The monoisotopic (exact) mass is 238 g/mol. The second-order valence-electron chi connectivity index (χ2n) is 4.19. The number of benzene rings is 1. The van der Waals surface area contributed by atoms with Gasteiger partial charge in [0, 0.05) is 24.1 Å². The Labute approximate surface area is 96.8 Å². The molecule has 1 amide bonds. The summed E-state index contributed by atoms with van der Waals surface area (Å²) in [7, 11) is 0. The molecule has 1 aliphatic heterocycles. The van der Waals surface area contributed by atoms with E-state index in [9.17, 15) is 19.3 Å². The molecule has 0 spiro atoms. The van der Waals surface area contributed by atoms with Gasteiger partial charge in [-0.25, -0.2) is 4.39 Å². The molecular formula is C11H11FN2O3. The molecule has 1 fully saturated rings. The normalized spacial score (nSPS) is 23.5. The van der Waals surface area contributed by atoms with Gasteiger partial charge in [0.05, 0.1) is 11.0 Å². The van der Waals surface area contributed by atoms with E-state index < -0.39 is 16.8 Å². The van der Waals surface area contributed by atoms with Crippen molar-refractivity contribution in [2.45, 2.75) is 19.4 Å². The van der Waals surface area contributed by atoms with E-state index in [0.717, 1.165) is 12.1 Å². The van der Waals surface area contributed by atoms with Crippen LogP contribution in [-0.2, 0) is 4.79 Å². The quantitative estimate of drug-likeness (QED) is 0.632. The summed E-state index contributed by atoms with van der Waals surface area (Å²) in [5, 5.41) is 13.2. The molecule has 0 bridgehead atoms. The molecule has 0 saturated carbocycles. The van der Waals surface area contributed by atoms with Gasteiger partial charge in [-0.2, -0.15) is 0 Å². The number of nitrogens with one attached hydrogen (secondary N) is 1. The number of rotatable bonds is 2. The van der Waals surface area contributed by atoms with Crippen LogP contribution in [0.2, 0.25) is 0 Å². The van der Waals surface area contributed by atoms with E-state index >= 15 is 0 Å². The minimum absolute atomic E-state index is 0.0704. The number of hydrogen-bond donors (Lipinski definition) is 1. The van der Waals surface area contributed by atoms with Gasteiger partial charge in [-0.1, -0.05) is 6.92 Å². The van der Waals surface area contributed by atoms with Crippen molar-refractivity contribution >= 4 is 11.6 Å². The van der Waals surface area contributed by atoms with Gasteiger partial charge in [-0.15, -0.1) is 0 Å². The van der Waals surface area contributed by atoms with E-state index in [4.69, 9.17) is 0 Å². The third kappa shape index (κ3) is 2.11. The Morgan fingerprint density at radius 2 is 2.24 bits per heavy atom. The number of nitro benzene ring substituents is 1. The van der Waals surface area contributed by atoms with Crippen LogP contribution in [0.5, 0.6) is 0 Å². The largest absolute Gasteiger partial charge is 0.349 e. The van der Waals surface area contributed by atoms with Gasteiger partial charge < -0.3 is 5.32 Å². The van der Waals surface area contributed by atoms with Crippen molar-refractivity contribution in [3.63, 3.8) is 0 Å². The first kappa shape index (κ1) is 11.5. The second kappa shape index (κ2) is 4.12. The van der Waals surface area contributed by atoms with Crippen LogP contribution in [0.15, 0.2) is 18.2 Å². The van der Waals surface area contributed by atoms with Crippen molar-refractivity contribution in [2.75, 3.05) is 0 Å². The van der Waals surface area contributed by atoms with E-state index in [-0.39, 0.29) is 23.1 Å². The predicted octanol–water partition coefficient (Wildman–Crippen LogP) is 1.93. The van der Waals surface area contributed by atoms with Crippen LogP contribution in [0.3, 0.4) is 0 Å². The van der Waals surface area contributed by atoms with Crippen molar-refractivity contribution in [3.8, 4) is 0 Å². The molecule has 6 heteroatoms. The molecule has 2 atom stereocenters. The third-order valence-electron chi connectivity index (χ3n) is 2.92. The van der Waals surface area contributed by atoms with Gasteiger partial charge in [-0.05, 0) is 12.0 Å². The molecular weight excluding hydrogens is 227 g/mol. The smallest absolute Gasteiger partial charge is 0.269 e. The summed E-state index contributed by atoms with van der Waals surface area (Å²) in [6.07, 6.45) is 0.312. The van der Waals surface area contributed by atoms with Crippen LogP contribution in [0, 0.1) is 21.8 Å². The topological polar surface area (TPSA) is 72.2 Å². The fourth-order valence-electron chi connectivity index (χ4n) is 2.05. The zero-order valence-corrected chi connectivity index (χ0v) is 9.14. The molecule has 1 saturated heterocycles. The van der Waals surface area contributed by atoms with E-state index in [0.29, 0.717) is 6.42 Å². The zero-order chi connectivity index (χ0) is 12.6. The van der Waals surface area contributed by atoms with E-state index in [2.05, 4.69) is 5.32 Å².